The van der Waals surface area contributed by atoms with Crippen LogP contribution in [0.5, 0.6) is 0 Å². The van der Waals surface area contributed by atoms with E-state index in [1.165, 1.54) is 18.5 Å². The van der Waals surface area contributed by atoms with Gasteiger partial charge in [0.2, 0.25) is 11.8 Å². The van der Waals surface area contributed by atoms with Crippen molar-refractivity contribution in [2.45, 2.75) is 19.3 Å². The Morgan fingerprint density at radius 1 is 1.00 bits per heavy atom. The third-order valence-corrected chi connectivity index (χ3v) is 5.87. The van der Waals surface area contributed by atoms with Crippen molar-refractivity contribution in [2.24, 2.45) is 5.92 Å². The van der Waals surface area contributed by atoms with E-state index in [9.17, 15) is 9.59 Å². The van der Waals surface area contributed by atoms with Crippen molar-refractivity contribution in [1.29, 1.82) is 0 Å². The molecule has 2 aromatic carbocycles. The molecule has 0 aromatic heterocycles. The first kappa shape index (κ1) is 19.1. The Morgan fingerprint density at radius 3 is 2.36 bits per heavy atom. The quantitative estimate of drug-likeness (QED) is 0.791. The van der Waals surface area contributed by atoms with E-state index in [0.29, 0.717) is 22.3 Å². The van der Waals surface area contributed by atoms with Gasteiger partial charge in [0.25, 0.3) is 0 Å². The third-order valence-electron chi connectivity index (χ3n) is 5.32. The summed E-state index contributed by atoms with van der Waals surface area (Å²) in [5.41, 5.74) is 2.50. The lowest BCUT2D eigenvalue weighted by Crippen LogP contribution is -2.28. The van der Waals surface area contributed by atoms with Crippen molar-refractivity contribution in [1.82, 2.24) is 0 Å². The molecule has 0 aliphatic carbocycles. The second-order valence-electron chi connectivity index (χ2n) is 7.23. The van der Waals surface area contributed by atoms with Crippen molar-refractivity contribution >= 4 is 52.1 Å². The second-order valence-corrected chi connectivity index (χ2v) is 8.07. The maximum absolute atomic E-state index is 12.6. The summed E-state index contributed by atoms with van der Waals surface area (Å²) >= 11 is 12.0. The molecule has 2 saturated heterocycles. The van der Waals surface area contributed by atoms with Crippen LogP contribution in [0.2, 0.25) is 10.0 Å². The zero-order valence-corrected chi connectivity index (χ0v) is 16.8. The van der Waals surface area contributed by atoms with Crippen LogP contribution in [-0.2, 0) is 9.59 Å². The minimum atomic E-state index is -0.419. The molecule has 2 heterocycles. The molecule has 2 aromatic rings. The van der Waals surface area contributed by atoms with Crippen LogP contribution in [0.15, 0.2) is 42.5 Å². The number of rotatable bonds is 4. The van der Waals surface area contributed by atoms with Gasteiger partial charge in [-0.2, -0.15) is 0 Å². The van der Waals surface area contributed by atoms with Crippen LogP contribution in [0.4, 0.5) is 17.1 Å². The number of hydrogen-bond acceptors (Lipinski definition) is 3. The fourth-order valence-electron chi connectivity index (χ4n) is 3.78. The number of halogens is 2. The molecule has 2 aliphatic heterocycles. The highest BCUT2D eigenvalue weighted by atomic mass is 35.5. The lowest BCUT2D eigenvalue weighted by atomic mass is 10.1. The topological polar surface area (TPSA) is 52.7 Å². The van der Waals surface area contributed by atoms with E-state index in [1.807, 2.05) is 12.1 Å². The molecule has 0 bridgehead atoms. The molecular formula is C21H21Cl2N3O2. The van der Waals surface area contributed by atoms with Crippen LogP contribution < -0.4 is 15.1 Å². The van der Waals surface area contributed by atoms with Gasteiger partial charge in [0.15, 0.2) is 0 Å². The van der Waals surface area contributed by atoms with Crippen LogP contribution in [0.1, 0.15) is 19.3 Å². The van der Waals surface area contributed by atoms with Gasteiger partial charge in [0.05, 0.1) is 16.6 Å². The first-order valence-corrected chi connectivity index (χ1v) is 10.2. The zero-order chi connectivity index (χ0) is 19.7. The second kappa shape index (κ2) is 8.02. The van der Waals surface area contributed by atoms with E-state index >= 15 is 0 Å². The van der Waals surface area contributed by atoms with Crippen LogP contribution in [0.25, 0.3) is 0 Å². The molecular weight excluding hydrogens is 397 g/mol. The number of nitrogens with one attached hydrogen (secondary N) is 1. The molecule has 5 nitrogen and oxygen atoms in total. The molecule has 146 valence electrons. The largest absolute Gasteiger partial charge is 0.372 e. The average Bonchev–Trinajstić information content (AvgIpc) is 3.34. The van der Waals surface area contributed by atoms with E-state index in [4.69, 9.17) is 23.2 Å². The smallest absolute Gasteiger partial charge is 0.229 e. The highest BCUT2D eigenvalue weighted by Gasteiger charge is 2.35. The van der Waals surface area contributed by atoms with E-state index in [2.05, 4.69) is 22.3 Å². The highest BCUT2D eigenvalue weighted by molar-refractivity contribution is 6.36. The number of hydrogen-bond donors (Lipinski definition) is 1. The van der Waals surface area contributed by atoms with Gasteiger partial charge in [0.1, 0.15) is 0 Å². The summed E-state index contributed by atoms with van der Waals surface area (Å²) in [6, 6.07) is 12.9. The summed E-state index contributed by atoms with van der Waals surface area (Å²) in [7, 11) is 0. The van der Waals surface area contributed by atoms with Gasteiger partial charge < -0.3 is 15.1 Å². The molecule has 0 radical (unpaired) electrons. The van der Waals surface area contributed by atoms with Gasteiger partial charge in [-0.1, -0.05) is 23.2 Å². The van der Waals surface area contributed by atoms with E-state index in [0.717, 1.165) is 18.8 Å². The van der Waals surface area contributed by atoms with Gasteiger partial charge in [0, 0.05) is 42.5 Å². The first-order valence-electron chi connectivity index (χ1n) is 9.42. The molecule has 2 fully saturated rings. The van der Waals surface area contributed by atoms with Gasteiger partial charge in [-0.25, -0.2) is 0 Å². The molecule has 1 atom stereocenters. The van der Waals surface area contributed by atoms with Crippen molar-refractivity contribution in [3.05, 3.63) is 52.5 Å². The Labute approximate surface area is 174 Å². The third kappa shape index (κ3) is 3.96. The number of anilines is 3. The van der Waals surface area contributed by atoms with Crippen LogP contribution >= 0.6 is 23.2 Å². The predicted octanol–water partition coefficient (Wildman–Crippen LogP) is 4.59. The van der Waals surface area contributed by atoms with Crippen LogP contribution in [0, 0.1) is 5.92 Å². The van der Waals surface area contributed by atoms with Crippen LogP contribution in [0.3, 0.4) is 0 Å². The molecule has 2 aliphatic rings. The van der Waals surface area contributed by atoms with E-state index in [1.54, 1.807) is 23.1 Å². The standard InChI is InChI=1S/C21H21Cl2N3O2/c22-15-3-8-19(18(23)12-15)24-21(28)14-11-20(27)26(13-14)17-6-4-16(5-7-17)25-9-1-2-10-25/h3-8,12,14H,1-2,9-11,13H2,(H,24,28). The average molecular weight is 418 g/mol. The summed E-state index contributed by atoms with van der Waals surface area (Å²) < 4.78 is 0. The summed E-state index contributed by atoms with van der Waals surface area (Å²) in [5.74, 6) is -0.678. The normalized spacial score (nSPS) is 19.4. The van der Waals surface area contributed by atoms with Crippen molar-refractivity contribution in [3.63, 3.8) is 0 Å². The maximum atomic E-state index is 12.6. The number of carbonyl (C=O) groups excluding carboxylic acids is 2. The molecule has 0 spiro atoms. The Balaban J connectivity index is 1.42. The Bertz CT molecular complexity index is 895. The molecule has 1 unspecified atom stereocenters. The van der Waals surface area contributed by atoms with E-state index in [-0.39, 0.29) is 18.2 Å². The summed E-state index contributed by atoms with van der Waals surface area (Å²) in [4.78, 5) is 29.1. The van der Waals surface area contributed by atoms with E-state index < -0.39 is 5.92 Å². The number of carbonyl (C=O) groups is 2. The van der Waals surface area contributed by atoms with Gasteiger partial charge in [-0.15, -0.1) is 0 Å². The van der Waals surface area contributed by atoms with Gasteiger partial charge in [-0.3, -0.25) is 9.59 Å². The summed E-state index contributed by atoms with van der Waals surface area (Å²) in [5, 5.41) is 3.68. The Morgan fingerprint density at radius 2 is 1.68 bits per heavy atom. The molecule has 2 amide bonds. The minimum Gasteiger partial charge on any atom is -0.372 e. The fraction of sp³-hybridized carbons (Fsp3) is 0.333. The molecule has 0 saturated carbocycles. The molecule has 4 rings (SSSR count). The van der Waals surface area contributed by atoms with Gasteiger partial charge in [-0.05, 0) is 55.3 Å². The SMILES string of the molecule is O=C(Nc1ccc(Cl)cc1Cl)C1CC(=O)N(c2ccc(N3CCCC3)cc2)C1. The molecule has 7 heteroatoms. The monoisotopic (exact) mass is 417 g/mol. The number of nitrogens with zero attached hydrogens (tertiary/aromatic N) is 2. The summed E-state index contributed by atoms with van der Waals surface area (Å²) in [6.07, 6.45) is 2.63. The predicted molar refractivity (Wildman–Crippen MR) is 113 cm³/mol. The first-order chi connectivity index (χ1) is 13.5. The minimum absolute atomic E-state index is 0.0451. The Hall–Kier alpha value is -2.24. The number of amides is 2. The molecule has 28 heavy (non-hydrogen) atoms. The Kier molecular flexibility index (Phi) is 5.47. The molecule has 1 N–H and O–H groups in total. The van der Waals surface area contributed by atoms with Crippen molar-refractivity contribution < 1.29 is 9.59 Å². The highest BCUT2D eigenvalue weighted by Crippen LogP contribution is 2.30. The fourth-order valence-corrected chi connectivity index (χ4v) is 4.23. The van der Waals surface area contributed by atoms with Crippen LogP contribution in [-0.4, -0.2) is 31.4 Å². The summed E-state index contributed by atoms with van der Waals surface area (Å²) in [6.45, 7) is 2.52. The van der Waals surface area contributed by atoms with Crippen molar-refractivity contribution in [3.8, 4) is 0 Å². The van der Waals surface area contributed by atoms with Crippen molar-refractivity contribution in [2.75, 3.05) is 34.8 Å². The lowest BCUT2D eigenvalue weighted by Gasteiger charge is -2.20. The maximum Gasteiger partial charge on any atom is 0.229 e. The zero-order valence-electron chi connectivity index (χ0n) is 15.3. The number of benzene rings is 2. The van der Waals surface area contributed by atoms with Gasteiger partial charge >= 0.3 is 0 Å². The lowest BCUT2D eigenvalue weighted by molar-refractivity contribution is -0.122.